The van der Waals surface area contributed by atoms with E-state index in [1.54, 1.807) is 0 Å². The molecule has 252 valence electrons. The van der Waals surface area contributed by atoms with Gasteiger partial charge in [-0.05, 0) is 0 Å². The van der Waals surface area contributed by atoms with Gasteiger partial charge in [-0.1, -0.05) is 0 Å². The lowest BCUT2D eigenvalue weighted by molar-refractivity contribution is -0.401. The molecule has 0 aromatic carbocycles. The summed E-state index contributed by atoms with van der Waals surface area (Å²) in [5, 5.41) is 132. The zero-order valence-electron chi connectivity index (χ0n) is 22.5. The largest absolute Gasteiger partial charge is 0.394 e. The Morgan fingerprint density at radius 2 is 0.977 bits per heavy atom. The summed E-state index contributed by atoms with van der Waals surface area (Å²) in [6.07, 6.45) is -33.8. The van der Waals surface area contributed by atoms with Crippen molar-refractivity contribution in [2.45, 2.75) is 117 Å². The van der Waals surface area contributed by atoms with E-state index in [9.17, 15) is 66.4 Å². The highest BCUT2D eigenvalue weighted by Crippen LogP contribution is 2.35. The molecule has 4 saturated heterocycles. The zero-order chi connectivity index (χ0) is 31.7. The summed E-state index contributed by atoms with van der Waals surface area (Å²) in [7, 11) is 0. The Morgan fingerprint density at radius 1 is 0.442 bits per heavy atom. The zero-order valence-corrected chi connectivity index (χ0v) is 22.5. The molecule has 0 aliphatic carbocycles. The van der Waals surface area contributed by atoms with Crippen LogP contribution in [0.1, 0.15) is 0 Å². The highest BCUT2D eigenvalue weighted by molar-refractivity contribution is 4.98. The molecule has 4 heterocycles. The maximum atomic E-state index is 11.1. The number of hydrogen-bond donors (Lipinski definition) is 13. The van der Waals surface area contributed by atoms with Gasteiger partial charge in [0.15, 0.2) is 25.2 Å². The minimum absolute atomic E-state index is 0.534. The predicted octanol–water partition coefficient (Wildman–Crippen LogP) is -9.11. The molecule has 0 bridgehead atoms. The third-order valence-corrected chi connectivity index (χ3v) is 7.81. The first kappa shape index (κ1) is 35.1. The molecule has 20 nitrogen and oxygen atoms in total. The van der Waals surface area contributed by atoms with Crippen molar-refractivity contribution in [3.63, 3.8) is 0 Å². The van der Waals surface area contributed by atoms with Crippen LogP contribution in [0.2, 0.25) is 0 Å². The Balaban J connectivity index is 1.67. The first-order valence-electron chi connectivity index (χ1n) is 13.5. The van der Waals surface area contributed by atoms with E-state index in [4.69, 9.17) is 33.2 Å². The van der Waals surface area contributed by atoms with E-state index in [1.165, 1.54) is 0 Å². The molecule has 20 heteroatoms. The number of aliphatic hydroxyl groups is 13. The van der Waals surface area contributed by atoms with Crippen LogP contribution >= 0.6 is 0 Å². The Bertz CT molecular complexity index is 867. The smallest absolute Gasteiger partial charge is 0.187 e. The van der Waals surface area contributed by atoms with Crippen molar-refractivity contribution in [1.82, 2.24) is 0 Å². The number of ether oxygens (including phenoxy) is 7. The van der Waals surface area contributed by atoms with E-state index < -0.39 is 143 Å². The second-order valence-corrected chi connectivity index (χ2v) is 10.7. The maximum Gasteiger partial charge on any atom is 0.187 e. The lowest BCUT2D eigenvalue weighted by atomic mass is 9.95. The summed E-state index contributed by atoms with van der Waals surface area (Å²) in [6.45, 7) is -3.11. The van der Waals surface area contributed by atoms with Gasteiger partial charge in [-0.2, -0.15) is 0 Å². The lowest BCUT2D eigenvalue weighted by Gasteiger charge is -2.50. The van der Waals surface area contributed by atoms with Crippen LogP contribution in [0.4, 0.5) is 0 Å². The van der Waals surface area contributed by atoms with Crippen molar-refractivity contribution in [2.24, 2.45) is 0 Å². The van der Waals surface area contributed by atoms with Gasteiger partial charge in [-0.25, -0.2) is 0 Å². The van der Waals surface area contributed by atoms with Crippen LogP contribution in [-0.4, -0.2) is 210 Å². The fourth-order valence-electron chi connectivity index (χ4n) is 5.23. The standard InChI is InChI=1S/C23H40O20/c24-1-6-10(29)12(31)16(35)22(39-6)42-18-11(30)7(2-25)40-23(19(18)43-21-15(34)9(28)5(27)4-37-21)41-17-8(3-26)38-20(36)14(33)13(17)32/h5-36H,1-4H2/t5-,6-,7-,8-,9+,10-,11-,12+,13-,14-,15-,16+,17-,18+,19+,20?,21+,22-,23+/m1/s1. The van der Waals surface area contributed by atoms with Crippen molar-refractivity contribution in [3.8, 4) is 0 Å². The van der Waals surface area contributed by atoms with E-state index in [2.05, 4.69) is 0 Å². The highest BCUT2D eigenvalue weighted by Gasteiger charge is 2.55. The summed E-state index contributed by atoms with van der Waals surface area (Å²) in [5.74, 6) is 0. The van der Waals surface area contributed by atoms with Crippen LogP contribution < -0.4 is 0 Å². The molecule has 4 aliphatic rings. The van der Waals surface area contributed by atoms with Gasteiger partial charge in [-0.15, -0.1) is 0 Å². The van der Waals surface area contributed by atoms with Gasteiger partial charge < -0.3 is 99.5 Å². The van der Waals surface area contributed by atoms with Gasteiger partial charge in [0.1, 0.15) is 91.6 Å². The summed E-state index contributed by atoms with van der Waals surface area (Å²) in [4.78, 5) is 0. The van der Waals surface area contributed by atoms with Crippen molar-refractivity contribution in [3.05, 3.63) is 0 Å². The molecule has 0 aromatic rings. The summed E-state index contributed by atoms with van der Waals surface area (Å²) in [6, 6.07) is 0. The van der Waals surface area contributed by atoms with Gasteiger partial charge >= 0.3 is 0 Å². The molecule has 1 unspecified atom stereocenters. The van der Waals surface area contributed by atoms with Crippen LogP contribution in [0.3, 0.4) is 0 Å². The van der Waals surface area contributed by atoms with E-state index in [0.717, 1.165) is 0 Å². The van der Waals surface area contributed by atoms with Crippen molar-refractivity contribution >= 4 is 0 Å². The molecule has 0 amide bonds. The summed E-state index contributed by atoms with van der Waals surface area (Å²) >= 11 is 0. The van der Waals surface area contributed by atoms with Gasteiger partial charge in [-0.3, -0.25) is 0 Å². The van der Waals surface area contributed by atoms with Crippen LogP contribution in [0.25, 0.3) is 0 Å². The van der Waals surface area contributed by atoms with E-state index in [0.29, 0.717) is 0 Å². The first-order chi connectivity index (χ1) is 20.3. The monoisotopic (exact) mass is 636 g/mol. The molecule has 0 radical (unpaired) electrons. The predicted molar refractivity (Wildman–Crippen MR) is 128 cm³/mol. The molecule has 0 spiro atoms. The van der Waals surface area contributed by atoms with Crippen molar-refractivity contribution in [1.29, 1.82) is 0 Å². The van der Waals surface area contributed by atoms with E-state index in [-0.39, 0.29) is 0 Å². The first-order valence-corrected chi connectivity index (χ1v) is 13.5. The van der Waals surface area contributed by atoms with Gasteiger partial charge in [0.25, 0.3) is 0 Å². The molecule has 4 fully saturated rings. The van der Waals surface area contributed by atoms with Gasteiger partial charge in [0, 0.05) is 0 Å². The third kappa shape index (κ3) is 7.13. The average molecular weight is 637 g/mol. The quantitative estimate of drug-likeness (QED) is 0.112. The van der Waals surface area contributed by atoms with Crippen LogP contribution in [0.5, 0.6) is 0 Å². The normalized spacial score (nSPS) is 53.1. The van der Waals surface area contributed by atoms with E-state index >= 15 is 0 Å². The van der Waals surface area contributed by atoms with Crippen LogP contribution in [0, 0.1) is 0 Å². The second kappa shape index (κ2) is 14.7. The lowest BCUT2D eigenvalue weighted by Crippen LogP contribution is -2.68. The second-order valence-electron chi connectivity index (χ2n) is 10.7. The summed E-state index contributed by atoms with van der Waals surface area (Å²) < 4.78 is 38.6. The molecule has 4 rings (SSSR count). The highest BCUT2D eigenvalue weighted by atomic mass is 16.8. The van der Waals surface area contributed by atoms with Crippen molar-refractivity contribution < 1.29 is 99.5 Å². The summed E-state index contributed by atoms with van der Waals surface area (Å²) in [5.41, 5.74) is 0. The number of rotatable bonds is 9. The molecule has 4 aliphatic heterocycles. The Morgan fingerprint density at radius 3 is 1.60 bits per heavy atom. The van der Waals surface area contributed by atoms with Crippen molar-refractivity contribution in [2.75, 3.05) is 26.4 Å². The molecule has 19 atom stereocenters. The Labute approximate surface area is 243 Å². The minimum atomic E-state index is -1.97. The fraction of sp³-hybridized carbons (Fsp3) is 1.00. The minimum Gasteiger partial charge on any atom is -0.394 e. The third-order valence-electron chi connectivity index (χ3n) is 7.81. The average Bonchev–Trinajstić information content (AvgIpc) is 2.99. The van der Waals surface area contributed by atoms with Crippen LogP contribution in [-0.2, 0) is 33.2 Å². The van der Waals surface area contributed by atoms with Crippen LogP contribution in [0.15, 0.2) is 0 Å². The number of hydrogen-bond acceptors (Lipinski definition) is 20. The molecule has 0 saturated carbocycles. The van der Waals surface area contributed by atoms with Gasteiger partial charge in [0.2, 0.25) is 0 Å². The molecular weight excluding hydrogens is 596 g/mol. The maximum absolute atomic E-state index is 11.1. The Kier molecular flexibility index (Phi) is 12.0. The molecule has 0 aromatic heterocycles. The molecule has 13 N–H and O–H groups in total. The number of aliphatic hydroxyl groups excluding tert-OH is 13. The van der Waals surface area contributed by atoms with Gasteiger partial charge in [0.05, 0.1) is 26.4 Å². The Hall–Kier alpha value is -0.800. The topological polar surface area (TPSA) is 328 Å². The fourth-order valence-corrected chi connectivity index (χ4v) is 5.23. The molecular formula is C23H40O20. The molecule has 43 heavy (non-hydrogen) atoms. The van der Waals surface area contributed by atoms with E-state index in [1.807, 2.05) is 0 Å². The SMILES string of the molecule is OC[C@H]1O[C@H](O[C@H]2[C@H](O)[C@@H](CO)O[C@@H](O[C@H]3[C@H](O)[C@@H](O)C(O)O[C@@H]3CO)[C@H]2O[C@@H]2OC[C@@H](O)[C@H](O)[C@H]2O)[C@@H](O)[C@@H](O)[C@@H]1O.